The standard InChI is InChI=1S/C28H22F6N2O3/c29-27(30,31)18-13-17(14-19(15-18)28(32,33)34)26(38)36-23-8-4-3-6-21(23)20-5-1-2-7-22(20)24(36)16-25(37)35-9-11-39-12-10-35/h1-8,13-15,24H,9-12,16H2. The second-order valence-corrected chi connectivity index (χ2v) is 9.29. The van der Waals surface area contributed by atoms with Crippen LogP contribution in [0.1, 0.15) is 39.5 Å². The molecule has 0 bridgehead atoms. The number of hydrogen-bond donors (Lipinski definition) is 0. The van der Waals surface area contributed by atoms with Crippen LogP contribution in [-0.2, 0) is 21.9 Å². The van der Waals surface area contributed by atoms with Crippen LogP contribution in [0.3, 0.4) is 0 Å². The van der Waals surface area contributed by atoms with Crippen LogP contribution in [0.2, 0.25) is 0 Å². The average Bonchev–Trinajstić information content (AvgIpc) is 2.92. The first-order valence-electron chi connectivity index (χ1n) is 12.1. The molecule has 1 atom stereocenters. The second-order valence-electron chi connectivity index (χ2n) is 9.29. The van der Waals surface area contributed by atoms with Gasteiger partial charge >= 0.3 is 12.4 Å². The third-order valence-corrected chi connectivity index (χ3v) is 6.87. The van der Waals surface area contributed by atoms with Gasteiger partial charge < -0.3 is 9.64 Å². The Hall–Kier alpha value is -3.86. The van der Waals surface area contributed by atoms with Gasteiger partial charge in [-0.05, 0) is 35.4 Å². The van der Waals surface area contributed by atoms with Crippen molar-refractivity contribution < 1.29 is 40.7 Å². The van der Waals surface area contributed by atoms with E-state index in [1.165, 1.54) is 0 Å². The fourth-order valence-corrected chi connectivity index (χ4v) is 5.03. The summed E-state index contributed by atoms with van der Waals surface area (Å²) in [5.74, 6) is -1.39. The molecule has 0 spiro atoms. The molecule has 3 aromatic carbocycles. The van der Waals surface area contributed by atoms with Gasteiger partial charge in [-0.15, -0.1) is 0 Å². The number of fused-ring (bicyclic) bond motifs is 3. The maximum absolute atomic E-state index is 13.9. The number of halogens is 6. The van der Waals surface area contributed by atoms with Crippen molar-refractivity contribution in [3.8, 4) is 11.1 Å². The average molecular weight is 548 g/mol. The van der Waals surface area contributed by atoms with Crippen molar-refractivity contribution in [3.63, 3.8) is 0 Å². The minimum absolute atomic E-state index is 0.0182. The van der Waals surface area contributed by atoms with Gasteiger partial charge in [0.05, 0.1) is 42.5 Å². The van der Waals surface area contributed by atoms with E-state index < -0.39 is 41.0 Å². The van der Waals surface area contributed by atoms with Gasteiger partial charge in [-0.3, -0.25) is 14.5 Å². The zero-order valence-corrected chi connectivity index (χ0v) is 20.4. The molecule has 3 aromatic rings. The van der Waals surface area contributed by atoms with E-state index in [4.69, 9.17) is 4.74 Å². The normalized spacial score (nSPS) is 17.4. The molecule has 11 heteroatoms. The lowest BCUT2D eigenvalue weighted by atomic mass is 9.85. The Kier molecular flexibility index (Phi) is 6.88. The maximum atomic E-state index is 13.9. The summed E-state index contributed by atoms with van der Waals surface area (Å²) >= 11 is 0. The predicted octanol–water partition coefficient (Wildman–Crippen LogP) is 6.34. The lowest BCUT2D eigenvalue weighted by Crippen LogP contribution is -2.44. The zero-order valence-electron chi connectivity index (χ0n) is 20.4. The van der Waals surface area contributed by atoms with Crippen LogP contribution in [0.4, 0.5) is 32.0 Å². The molecule has 5 nitrogen and oxygen atoms in total. The first-order valence-corrected chi connectivity index (χ1v) is 12.1. The molecule has 0 saturated carbocycles. The van der Waals surface area contributed by atoms with Gasteiger partial charge in [-0.25, -0.2) is 0 Å². The van der Waals surface area contributed by atoms with Crippen molar-refractivity contribution in [1.82, 2.24) is 4.90 Å². The quantitative estimate of drug-likeness (QED) is 0.359. The molecule has 0 radical (unpaired) electrons. The number of hydrogen-bond acceptors (Lipinski definition) is 3. The summed E-state index contributed by atoms with van der Waals surface area (Å²) in [4.78, 5) is 30.0. The first-order chi connectivity index (χ1) is 18.4. The van der Waals surface area contributed by atoms with Crippen LogP contribution in [0.25, 0.3) is 11.1 Å². The number of para-hydroxylation sites is 1. The fourth-order valence-electron chi connectivity index (χ4n) is 5.03. The summed E-state index contributed by atoms with van der Waals surface area (Å²) < 4.78 is 86.8. The highest BCUT2D eigenvalue weighted by molar-refractivity contribution is 6.10. The molecular weight excluding hydrogens is 526 g/mol. The third-order valence-electron chi connectivity index (χ3n) is 6.87. The Morgan fingerprint density at radius 2 is 1.36 bits per heavy atom. The minimum Gasteiger partial charge on any atom is -0.378 e. The van der Waals surface area contributed by atoms with Crippen molar-refractivity contribution in [2.75, 3.05) is 31.2 Å². The Labute approximate surface area is 219 Å². The summed E-state index contributed by atoms with van der Waals surface area (Å²) in [5.41, 5.74) is -1.83. The topological polar surface area (TPSA) is 49.9 Å². The number of alkyl halides is 6. The molecule has 0 aliphatic carbocycles. The van der Waals surface area contributed by atoms with Crippen LogP contribution in [0.5, 0.6) is 0 Å². The van der Waals surface area contributed by atoms with Gasteiger partial charge in [0.1, 0.15) is 0 Å². The Bertz CT molecular complexity index is 1380. The van der Waals surface area contributed by atoms with Crippen molar-refractivity contribution in [2.45, 2.75) is 24.8 Å². The van der Waals surface area contributed by atoms with Crippen LogP contribution in [0.15, 0.2) is 66.7 Å². The SMILES string of the molecule is O=C(CC1c2ccccc2-c2ccccc2N1C(=O)c1cc(C(F)(F)F)cc(C(F)(F)F)c1)N1CCOCC1. The van der Waals surface area contributed by atoms with Gasteiger partial charge in [0.2, 0.25) is 5.91 Å². The number of morpholine rings is 1. The first kappa shape index (κ1) is 26.7. The van der Waals surface area contributed by atoms with E-state index in [2.05, 4.69) is 0 Å². The van der Waals surface area contributed by atoms with Crippen molar-refractivity contribution in [1.29, 1.82) is 0 Å². The fraction of sp³-hybridized carbons (Fsp3) is 0.286. The highest BCUT2D eigenvalue weighted by Gasteiger charge is 2.41. The summed E-state index contributed by atoms with van der Waals surface area (Å²) in [6, 6.07) is 13.4. The largest absolute Gasteiger partial charge is 0.416 e. The maximum Gasteiger partial charge on any atom is 0.416 e. The lowest BCUT2D eigenvalue weighted by Gasteiger charge is -2.39. The van der Waals surface area contributed by atoms with Gasteiger partial charge in [-0.1, -0.05) is 42.5 Å². The number of amides is 2. The van der Waals surface area contributed by atoms with Crippen molar-refractivity contribution in [2.24, 2.45) is 0 Å². The molecular formula is C28H22F6N2O3. The van der Waals surface area contributed by atoms with Crippen LogP contribution in [0, 0.1) is 0 Å². The smallest absolute Gasteiger partial charge is 0.378 e. The summed E-state index contributed by atoms with van der Waals surface area (Å²) in [6.45, 7) is 1.34. The van der Waals surface area contributed by atoms with E-state index in [1.807, 2.05) is 0 Å². The molecule has 0 N–H and O–H groups in total. The van der Waals surface area contributed by atoms with E-state index in [9.17, 15) is 35.9 Å². The van der Waals surface area contributed by atoms with Crippen LogP contribution >= 0.6 is 0 Å². The van der Waals surface area contributed by atoms with E-state index in [-0.39, 0.29) is 24.1 Å². The highest BCUT2D eigenvalue weighted by Crippen LogP contribution is 2.47. The highest BCUT2D eigenvalue weighted by atomic mass is 19.4. The Morgan fingerprint density at radius 1 is 0.795 bits per heavy atom. The van der Waals surface area contributed by atoms with E-state index in [0.29, 0.717) is 49.6 Å². The molecule has 1 unspecified atom stereocenters. The van der Waals surface area contributed by atoms with Crippen LogP contribution < -0.4 is 4.90 Å². The van der Waals surface area contributed by atoms with Gasteiger partial charge in [-0.2, -0.15) is 26.3 Å². The molecule has 0 aromatic heterocycles. The molecule has 2 aliphatic rings. The zero-order chi connectivity index (χ0) is 27.9. The van der Waals surface area contributed by atoms with Crippen molar-refractivity contribution >= 4 is 17.5 Å². The van der Waals surface area contributed by atoms with Crippen molar-refractivity contribution in [3.05, 3.63) is 89.0 Å². The van der Waals surface area contributed by atoms with Crippen LogP contribution in [-0.4, -0.2) is 43.0 Å². The lowest BCUT2D eigenvalue weighted by molar-refractivity contribution is -0.143. The minimum atomic E-state index is -5.12. The summed E-state index contributed by atoms with van der Waals surface area (Å²) in [5, 5.41) is 0. The number of benzene rings is 3. The Morgan fingerprint density at radius 3 is 1.97 bits per heavy atom. The number of rotatable bonds is 3. The molecule has 204 valence electrons. The molecule has 1 saturated heterocycles. The van der Waals surface area contributed by atoms with Gasteiger partial charge in [0.25, 0.3) is 5.91 Å². The summed E-state index contributed by atoms with van der Waals surface area (Å²) in [6.07, 6.45) is -10.5. The molecule has 2 heterocycles. The molecule has 2 amide bonds. The van der Waals surface area contributed by atoms with Gasteiger partial charge in [0, 0.05) is 24.2 Å². The van der Waals surface area contributed by atoms with E-state index in [0.717, 1.165) is 10.5 Å². The molecule has 2 aliphatic heterocycles. The van der Waals surface area contributed by atoms with E-state index in [1.54, 1.807) is 53.4 Å². The van der Waals surface area contributed by atoms with E-state index >= 15 is 0 Å². The molecule has 1 fully saturated rings. The second kappa shape index (κ2) is 10.0. The Balaban J connectivity index is 1.65. The number of carbonyl (C=O) groups excluding carboxylic acids is 2. The molecule has 5 rings (SSSR count). The third kappa shape index (κ3) is 5.23. The monoisotopic (exact) mass is 548 g/mol. The number of ether oxygens (including phenoxy) is 1. The number of nitrogens with zero attached hydrogens (tertiary/aromatic N) is 2. The van der Waals surface area contributed by atoms with Gasteiger partial charge in [0.15, 0.2) is 0 Å². The molecule has 39 heavy (non-hydrogen) atoms. The predicted molar refractivity (Wildman–Crippen MR) is 130 cm³/mol. The summed E-state index contributed by atoms with van der Waals surface area (Å²) in [7, 11) is 0. The number of anilines is 1. The number of carbonyl (C=O) groups is 2.